The summed E-state index contributed by atoms with van der Waals surface area (Å²) in [4.78, 5) is 15.7. The number of aliphatic imine (C=N–C) groups is 1. The molecule has 0 saturated carbocycles. The Morgan fingerprint density at radius 1 is 1.16 bits per heavy atom. The summed E-state index contributed by atoms with van der Waals surface area (Å²) in [6, 6.07) is 2.65. The highest BCUT2D eigenvalue weighted by molar-refractivity contribution is 6.04. The normalized spacial score (nSPS) is 17.7. The molecule has 1 atom stereocenters. The van der Waals surface area contributed by atoms with Gasteiger partial charge in [0.25, 0.3) is 5.91 Å². The Hall–Kier alpha value is -2.44. The molecule has 7 heteroatoms. The molecule has 1 heterocycles. The quantitative estimate of drug-likeness (QED) is 0.810. The number of nitrogens with zero attached hydrogens (tertiary/aromatic N) is 1. The number of carbonyl (C=O) groups is 1. The van der Waals surface area contributed by atoms with Gasteiger partial charge in [0, 0.05) is 0 Å². The monoisotopic (exact) mass is 265 g/mol. The smallest absolute Gasteiger partial charge is 0.256 e. The van der Waals surface area contributed by atoms with Gasteiger partial charge in [0.05, 0.1) is 21.3 Å². The molecule has 0 bridgehead atoms. The second-order valence-corrected chi connectivity index (χ2v) is 3.86. The zero-order valence-corrected chi connectivity index (χ0v) is 10.9. The minimum atomic E-state index is -0.700. The molecule has 0 aliphatic carbocycles. The number of amides is 1. The number of nitrogens with one attached hydrogen (secondary N) is 1. The summed E-state index contributed by atoms with van der Waals surface area (Å²) >= 11 is 0. The highest BCUT2D eigenvalue weighted by atomic mass is 16.5. The molecule has 19 heavy (non-hydrogen) atoms. The molecule has 3 N–H and O–H groups in total. The molecule has 1 amide bonds. The third-order valence-corrected chi connectivity index (χ3v) is 2.77. The number of ether oxygens (including phenoxy) is 3. The van der Waals surface area contributed by atoms with E-state index in [4.69, 9.17) is 19.9 Å². The molecule has 0 saturated heterocycles. The van der Waals surface area contributed by atoms with Crippen LogP contribution in [0.25, 0.3) is 0 Å². The van der Waals surface area contributed by atoms with Crippen molar-refractivity contribution in [2.45, 2.75) is 6.04 Å². The highest BCUT2D eigenvalue weighted by Crippen LogP contribution is 2.40. The van der Waals surface area contributed by atoms with Crippen LogP contribution >= 0.6 is 0 Å². The number of benzene rings is 1. The van der Waals surface area contributed by atoms with E-state index < -0.39 is 6.04 Å². The molecule has 1 aromatic carbocycles. The maximum atomic E-state index is 11.7. The van der Waals surface area contributed by atoms with Crippen molar-refractivity contribution in [3.8, 4) is 17.2 Å². The van der Waals surface area contributed by atoms with Crippen molar-refractivity contribution < 1.29 is 19.0 Å². The Labute approximate surface area is 110 Å². The van der Waals surface area contributed by atoms with Crippen LogP contribution in [0.3, 0.4) is 0 Å². The zero-order valence-electron chi connectivity index (χ0n) is 10.9. The summed E-state index contributed by atoms with van der Waals surface area (Å²) in [5.74, 6) is 1.20. The Bertz CT molecular complexity index is 517. The van der Waals surface area contributed by atoms with E-state index in [0.717, 1.165) is 0 Å². The van der Waals surface area contributed by atoms with Gasteiger partial charge in [0.2, 0.25) is 5.75 Å². The fourth-order valence-electron chi connectivity index (χ4n) is 1.91. The number of methoxy groups -OCH3 is 3. The predicted octanol–water partition coefficient (Wildman–Crippen LogP) is 0.198. The van der Waals surface area contributed by atoms with Gasteiger partial charge >= 0.3 is 0 Å². The molecule has 1 aliphatic rings. The lowest BCUT2D eigenvalue weighted by atomic mass is 10.1. The lowest BCUT2D eigenvalue weighted by Gasteiger charge is -2.15. The van der Waals surface area contributed by atoms with Gasteiger partial charge in [-0.3, -0.25) is 10.1 Å². The SMILES string of the molecule is COc1cc(C2N=C(N)NC2=O)cc(OC)c1OC. The fraction of sp³-hybridized carbons (Fsp3) is 0.333. The van der Waals surface area contributed by atoms with Crippen LogP contribution in [-0.2, 0) is 4.79 Å². The predicted molar refractivity (Wildman–Crippen MR) is 68.6 cm³/mol. The minimum Gasteiger partial charge on any atom is -0.493 e. The van der Waals surface area contributed by atoms with Gasteiger partial charge in [-0.15, -0.1) is 0 Å². The van der Waals surface area contributed by atoms with Crippen molar-refractivity contribution in [2.24, 2.45) is 10.7 Å². The van der Waals surface area contributed by atoms with Crippen molar-refractivity contribution in [1.82, 2.24) is 5.32 Å². The van der Waals surface area contributed by atoms with Crippen LogP contribution in [0.15, 0.2) is 17.1 Å². The number of carbonyl (C=O) groups excluding carboxylic acids is 1. The molecular weight excluding hydrogens is 250 g/mol. The van der Waals surface area contributed by atoms with E-state index in [9.17, 15) is 4.79 Å². The van der Waals surface area contributed by atoms with Crippen LogP contribution in [0.1, 0.15) is 11.6 Å². The van der Waals surface area contributed by atoms with Gasteiger partial charge in [-0.2, -0.15) is 0 Å². The summed E-state index contributed by atoms with van der Waals surface area (Å²) < 4.78 is 15.7. The average Bonchev–Trinajstić information content (AvgIpc) is 2.75. The molecule has 1 aromatic rings. The molecule has 2 rings (SSSR count). The fourth-order valence-corrected chi connectivity index (χ4v) is 1.91. The molecule has 0 aromatic heterocycles. The van der Waals surface area contributed by atoms with E-state index in [1.165, 1.54) is 21.3 Å². The zero-order chi connectivity index (χ0) is 14.0. The van der Waals surface area contributed by atoms with E-state index in [1.807, 2.05) is 0 Å². The first-order valence-electron chi connectivity index (χ1n) is 5.54. The van der Waals surface area contributed by atoms with Gasteiger partial charge in [-0.1, -0.05) is 0 Å². The van der Waals surface area contributed by atoms with E-state index >= 15 is 0 Å². The van der Waals surface area contributed by atoms with Crippen molar-refractivity contribution in [3.63, 3.8) is 0 Å². The van der Waals surface area contributed by atoms with E-state index in [0.29, 0.717) is 22.8 Å². The number of nitrogens with two attached hydrogens (primary N) is 1. The standard InChI is InChI=1S/C12H15N3O4/c1-17-7-4-6(5-8(18-2)10(7)19-3)9-11(16)15-12(13)14-9/h4-5,9H,1-3H3,(H3,13,14,15,16). The van der Waals surface area contributed by atoms with Crippen molar-refractivity contribution in [2.75, 3.05) is 21.3 Å². The largest absolute Gasteiger partial charge is 0.493 e. The summed E-state index contributed by atoms with van der Waals surface area (Å²) in [6.07, 6.45) is 0. The first-order chi connectivity index (χ1) is 9.10. The number of hydrogen-bond donors (Lipinski definition) is 2. The molecule has 0 spiro atoms. The van der Waals surface area contributed by atoms with Gasteiger partial charge in [0.1, 0.15) is 0 Å². The van der Waals surface area contributed by atoms with Crippen LogP contribution in [0.4, 0.5) is 0 Å². The first kappa shape index (κ1) is 13.0. The Kier molecular flexibility index (Phi) is 3.46. The number of guanidine groups is 1. The Balaban J connectivity index is 2.50. The van der Waals surface area contributed by atoms with Crippen LogP contribution in [0.5, 0.6) is 17.2 Å². The van der Waals surface area contributed by atoms with Gasteiger partial charge in [0.15, 0.2) is 23.5 Å². The third kappa shape index (κ3) is 2.26. The second-order valence-electron chi connectivity index (χ2n) is 3.86. The highest BCUT2D eigenvalue weighted by Gasteiger charge is 2.28. The van der Waals surface area contributed by atoms with E-state index in [-0.39, 0.29) is 11.9 Å². The van der Waals surface area contributed by atoms with Crippen LogP contribution in [0, 0.1) is 0 Å². The van der Waals surface area contributed by atoms with E-state index in [2.05, 4.69) is 10.3 Å². The molecule has 0 fully saturated rings. The van der Waals surface area contributed by atoms with Crippen LogP contribution in [-0.4, -0.2) is 33.2 Å². The maximum absolute atomic E-state index is 11.7. The van der Waals surface area contributed by atoms with Gasteiger partial charge in [-0.25, -0.2) is 4.99 Å². The summed E-state index contributed by atoms with van der Waals surface area (Å²) in [6.45, 7) is 0. The maximum Gasteiger partial charge on any atom is 0.256 e. The molecule has 102 valence electrons. The topological polar surface area (TPSA) is 95.2 Å². The molecular formula is C12H15N3O4. The summed E-state index contributed by atoms with van der Waals surface area (Å²) in [5, 5.41) is 2.44. The van der Waals surface area contributed by atoms with Crippen LogP contribution < -0.4 is 25.3 Å². The number of rotatable bonds is 4. The second kappa shape index (κ2) is 5.05. The first-order valence-corrected chi connectivity index (χ1v) is 5.54. The number of hydrogen-bond acceptors (Lipinski definition) is 6. The Morgan fingerprint density at radius 3 is 2.11 bits per heavy atom. The minimum absolute atomic E-state index is 0.101. The summed E-state index contributed by atoms with van der Waals surface area (Å²) in [7, 11) is 4.53. The lowest BCUT2D eigenvalue weighted by molar-refractivity contribution is -0.120. The summed E-state index contributed by atoms with van der Waals surface area (Å²) in [5.41, 5.74) is 6.10. The molecule has 1 aliphatic heterocycles. The van der Waals surface area contributed by atoms with Gasteiger partial charge < -0.3 is 19.9 Å². The molecule has 7 nitrogen and oxygen atoms in total. The van der Waals surface area contributed by atoms with Crippen molar-refractivity contribution >= 4 is 11.9 Å². The lowest BCUT2D eigenvalue weighted by Crippen LogP contribution is -2.31. The molecule has 1 unspecified atom stereocenters. The van der Waals surface area contributed by atoms with Crippen molar-refractivity contribution in [3.05, 3.63) is 17.7 Å². The van der Waals surface area contributed by atoms with Crippen molar-refractivity contribution in [1.29, 1.82) is 0 Å². The molecule has 0 radical (unpaired) electrons. The Morgan fingerprint density at radius 2 is 1.74 bits per heavy atom. The average molecular weight is 265 g/mol. The van der Waals surface area contributed by atoms with E-state index in [1.54, 1.807) is 12.1 Å². The van der Waals surface area contributed by atoms with Crippen LogP contribution in [0.2, 0.25) is 0 Å². The third-order valence-electron chi connectivity index (χ3n) is 2.77. The van der Waals surface area contributed by atoms with Gasteiger partial charge in [-0.05, 0) is 17.7 Å².